The van der Waals surface area contributed by atoms with Crippen LogP contribution in [0.15, 0.2) is 59.3 Å². The summed E-state index contributed by atoms with van der Waals surface area (Å²) >= 11 is 3.16. The third-order valence-electron chi connectivity index (χ3n) is 3.73. The van der Waals surface area contributed by atoms with Gasteiger partial charge in [0.15, 0.2) is 5.82 Å². The van der Waals surface area contributed by atoms with Gasteiger partial charge in [-0.25, -0.2) is 9.37 Å². The number of benzene rings is 1. The Morgan fingerprint density at radius 3 is 2.84 bits per heavy atom. The van der Waals surface area contributed by atoms with Crippen LogP contribution in [0.5, 0.6) is 0 Å². The van der Waals surface area contributed by atoms with Gasteiger partial charge in [0.1, 0.15) is 11.6 Å². The first-order valence-electron chi connectivity index (χ1n) is 7.75. The average Bonchev–Trinajstić information content (AvgIpc) is 3.07. The van der Waals surface area contributed by atoms with E-state index in [-0.39, 0.29) is 17.6 Å². The molecule has 3 rings (SSSR count). The van der Waals surface area contributed by atoms with Crippen LogP contribution in [0.25, 0.3) is 5.82 Å². The molecule has 0 fully saturated rings. The SMILES string of the molecule is CC(Cc1ccc(F)c(Br)c1)C(=O)Nc1ccnn1-c1ccccn1. The van der Waals surface area contributed by atoms with E-state index in [1.807, 2.05) is 25.1 Å². The van der Waals surface area contributed by atoms with E-state index in [1.165, 1.54) is 6.07 Å². The summed E-state index contributed by atoms with van der Waals surface area (Å²) in [5.41, 5.74) is 0.883. The number of halogens is 2. The normalized spacial score (nSPS) is 12.0. The van der Waals surface area contributed by atoms with Gasteiger partial charge in [-0.2, -0.15) is 9.78 Å². The Balaban J connectivity index is 1.70. The highest BCUT2D eigenvalue weighted by molar-refractivity contribution is 9.10. The molecule has 0 aliphatic heterocycles. The molecule has 2 heterocycles. The van der Waals surface area contributed by atoms with Crippen molar-refractivity contribution in [2.24, 2.45) is 5.92 Å². The molecule has 0 saturated carbocycles. The third-order valence-corrected chi connectivity index (χ3v) is 4.34. The fourth-order valence-electron chi connectivity index (χ4n) is 2.42. The molecule has 1 amide bonds. The van der Waals surface area contributed by atoms with Crippen LogP contribution in [0, 0.1) is 11.7 Å². The fourth-order valence-corrected chi connectivity index (χ4v) is 2.85. The van der Waals surface area contributed by atoms with Crippen LogP contribution in [0.1, 0.15) is 12.5 Å². The smallest absolute Gasteiger partial charge is 0.228 e. The first-order valence-corrected chi connectivity index (χ1v) is 8.54. The van der Waals surface area contributed by atoms with E-state index in [1.54, 1.807) is 35.3 Å². The van der Waals surface area contributed by atoms with Crippen molar-refractivity contribution < 1.29 is 9.18 Å². The summed E-state index contributed by atoms with van der Waals surface area (Å²) in [6.07, 6.45) is 3.77. The molecule has 1 N–H and O–H groups in total. The Labute approximate surface area is 153 Å². The maximum absolute atomic E-state index is 13.3. The van der Waals surface area contributed by atoms with E-state index < -0.39 is 0 Å². The van der Waals surface area contributed by atoms with Crippen LogP contribution >= 0.6 is 15.9 Å². The van der Waals surface area contributed by atoms with Crippen molar-refractivity contribution in [1.29, 1.82) is 0 Å². The topological polar surface area (TPSA) is 59.8 Å². The minimum Gasteiger partial charge on any atom is -0.310 e. The lowest BCUT2D eigenvalue weighted by molar-refractivity contribution is -0.119. The summed E-state index contributed by atoms with van der Waals surface area (Å²) in [5.74, 6) is 0.427. The van der Waals surface area contributed by atoms with Crippen LogP contribution in [0.3, 0.4) is 0 Å². The van der Waals surface area contributed by atoms with E-state index in [2.05, 4.69) is 31.3 Å². The zero-order valence-corrected chi connectivity index (χ0v) is 15.1. The van der Waals surface area contributed by atoms with Gasteiger partial charge in [-0.1, -0.05) is 19.1 Å². The molecule has 0 aliphatic rings. The number of carbonyl (C=O) groups excluding carboxylic acids is 1. The molecule has 1 unspecified atom stereocenters. The molecule has 0 aliphatic carbocycles. The predicted octanol–water partition coefficient (Wildman–Crippen LogP) is 3.99. The van der Waals surface area contributed by atoms with Crippen molar-refractivity contribution in [1.82, 2.24) is 14.8 Å². The number of hydrogen-bond donors (Lipinski definition) is 1. The van der Waals surface area contributed by atoms with Crippen molar-refractivity contribution >= 4 is 27.7 Å². The summed E-state index contributed by atoms with van der Waals surface area (Å²) in [5, 5.41) is 7.07. The predicted molar refractivity (Wildman–Crippen MR) is 97.0 cm³/mol. The molecule has 5 nitrogen and oxygen atoms in total. The largest absolute Gasteiger partial charge is 0.310 e. The lowest BCUT2D eigenvalue weighted by Crippen LogP contribution is -2.23. The summed E-state index contributed by atoms with van der Waals surface area (Å²) in [7, 11) is 0. The molecule has 1 aromatic carbocycles. The quantitative estimate of drug-likeness (QED) is 0.701. The maximum atomic E-state index is 13.3. The third kappa shape index (κ3) is 4.11. The van der Waals surface area contributed by atoms with Gasteiger partial charge in [0.2, 0.25) is 5.91 Å². The first-order chi connectivity index (χ1) is 12.0. The first kappa shape index (κ1) is 17.3. The molecule has 2 aromatic heterocycles. The van der Waals surface area contributed by atoms with Gasteiger partial charge in [-0.05, 0) is 52.2 Å². The lowest BCUT2D eigenvalue weighted by atomic mass is 10.0. The number of rotatable bonds is 5. The highest BCUT2D eigenvalue weighted by Gasteiger charge is 2.17. The molecule has 0 spiro atoms. The summed E-state index contributed by atoms with van der Waals surface area (Å²) in [4.78, 5) is 16.7. The number of hydrogen-bond acceptors (Lipinski definition) is 3. The minimum absolute atomic E-state index is 0.141. The highest BCUT2D eigenvalue weighted by atomic mass is 79.9. The zero-order chi connectivity index (χ0) is 17.8. The van der Waals surface area contributed by atoms with Gasteiger partial charge in [-0.3, -0.25) is 4.79 Å². The number of nitrogens with one attached hydrogen (secondary N) is 1. The molecular formula is C18H16BrFN4O. The number of aromatic nitrogens is 3. The molecule has 0 saturated heterocycles. The second kappa shape index (κ2) is 7.57. The minimum atomic E-state index is -0.319. The lowest BCUT2D eigenvalue weighted by Gasteiger charge is -2.13. The van der Waals surface area contributed by atoms with Crippen molar-refractivity contribution in [2.45, 2.75) is 13.3 Å². The Bertz CT molecular complexity index is 882. The van der Waals surface area contributed by atoms with Crippen LogP contribution < -0.4 is 5.32 Å². The van der Waals surface area contributed by atoms with Gasteiger partial charge >= 0.3 is 0 Å². The maximum Gasteiger partial charge on any atom is 0.228 e. The van der Waals surface area contributed by atoms with Gasteiger partial charge in [0, 0.05) is 18.2 Å². The Hall–Kier alpha value is -2.54. The molecule has 3 aromatic rings. The number of pyridine rings is 1. The van der Waals surface area contributed by atoms with Gasteiger partial charge in [0.05, 0.1) is 10.7 Å². The van der Waals surface area contributed by atoms with E-state index >= 15 is 0 Å². The Morgan fingerprint density at radius 1 is 1.28 bits per heavy atom. The van der Waals surface area contributed by atoms with Crippen LogP contribution in [-0.4, -0.2) is 20.7 Å². The molecule has 0 bridgehead atoms. The highest BCUT2D eigenvalue weighted by Crippen LogP contribution is 2.20. The standard InChI is InChI=1S/C18H16BrFN4O/c1-12(10-13-5-6-15(20)14(19)11-13)18(25)23-17-7-9-22-24(17)16-4-2-3-8-21-16/h2-9,11-12H,10H2,1H3,(H,23,25). The molecule has 7 heteroatoms. The van der Waals surface area contributed by atoms with Crippen LogP contribution in [0.2, 0.25) is 0 Å². The van der Waals surface area contributed by atoms with E-state index in [0.717, 1.165) is 5.56 Å². The van der Waals surface area contributed by atoms with Gasteiger partial charge in [-0.15, -0.1) is 0 Å². The number of carbonyl (C=O) groups is 1. The molecular weight excluding hydrogens is 387 g/mol. The second-order valence-electron chi connectivity index (χ2n) is 5.66. The van der Waals surface area contributed by atoms with E-state index in [0.29, 0.717) is 22.5 Å². The van der Waals surface area contributed by atoms with Gasteiger partial charge in [0.25, 0.3) is 0 Å². The van der Waals surface area contributed by atoms with Crippen molar-refractivity contribution in [2.75, 3.05) is 5.32 Å². The number of anilines is 1. The summed E-state index contributed by atoms with van der Waals surface area (Å²) in [6, 6.07) is 12.0. The second-order valence-corrected chi connectivity index (χ2v) is 6.51. The molecule has 0 radical (unpaired) electrons. The number of amides is 1. The summed E-state index contributed by atoms with van der Waals surface area (Å²) < 4.78 is 15.3. The summed E-state index contributed by atoms with van der Waals surface area (Å²) in [6.45, 7) is 1.83. The van der Waals surface area contributed by atoms with Crippen molar-refractivity contribution in [3.05, 3.63) is 70.7 Å². The van der Waals surface area contributed by atoms with E-state index in [9.17, 15) is 9.18 Å². The van der Waals surface area contributed by atoms with Crippen molar-refractivity contribution in [3.8, 4) is 5.82 Å². The average molecular weight is 403 g/mol. The fraction of sp³-hybridized carbons (Fsp3) is 0.167. The molecule has 128 valence electrons. The molecule has 1 atom stereocenters. The monoisotopic (exact) mass is 402 g/mol. The number of nitrogens with zero attached hydrogens (tertiary/aromatic N) is 3. The zero-order valence-electron chi connectivity index (χ0n) is 13.5. The van der Waals surface area contributed by atoms with Crippen LogP contribution in [-0.2, 0) is 11.2 Å². The van der Waals surface area contributed by atoms with Gasteiger partial charge < -0.3 is 5.32 Å². The Morgan fingerprint density at radius 2 is 2.12 bits per heavy atom. The van der Waals surface area contributed by atoms with E-state index in [4.69, 9.17) is 0 Å². The van der Waals surface area contributed by atoms with Crippen molar-refractivity contribution in [3.63, 3.8) is 0 Å². The molecule has 25 heavy (non-hydrogen) atoms. The Kier molecular flexibility index (Phi) is 5.23. The van der Waals surface area contributed by atoms with Crippen LogP contribution in [0.4, 0.5) is 10.2 Å².